The molecule has 0 bridgehead atoms. The molecule has 35 heavy (non-hydrogen) atoms. The van der Waals surface area contributed by atoms with Crippen molar-refractivity contribution in [2.45, 2.75) is 6.04 Å². The number of pyridine rings is 2. The van der Waals surface area contributed by atoms with E-state index in [0.717, 1.165) is 69.2 Å². The minimum atomic E-state index is 0.193. The van der Waals surface area contributed by atoms with Gasteiger partial charge in [-0.25, -0.2) is 9.97 Å². The Balaban J connectivity index is 1.31. The third-order valence-electron chi connectivity index (χ3n) is 6.39. The Morgan fingerprint density at radius 1 is 0.886 bits per heavy atom. The summed E-state index contributed by atoms with van der Waals surface area (Å²) in [6.45, 7) is 1.58. The number of rotatable bonds is 4. The lowest BCUT2D eigenvalue weighted by molar-refractivity contribution is 0.514. The van der Waals surface area contributed by atoms with Crippen LogP contribution >= 0.6 is 0 Å². The highest BCUT2D eigenvalue weighted by molar-refractivity contribution is 6.00. The molecule has 1 aliphatic heterocycles. The van der Waals surface area contributed by atoms with E-state index in [1.54, 1.807) is 12.4 Å². The monoisotopic (exact) mass is 459 g/mol. The summed E-state index contributed by atoms with van der Waals surface area (Å²) in [5, 5.41) is 8.77. The number of fused-ring (bicyclic) bond motifs is 2. The first kappa shape index (κ1) is 19.8. The van der Waals surface area contributed by atoms with E-state index in [9.17, 15) is 0 Å². The Bertz CT molecular complexity index is 1680. The number of aromatic nitrogens is 7. The average Bonchev–Trinajstić information content (AvgIpc) is 3.51. The van der Waals surface area contributed by atoms with E-state index in [1.165, 1.54) is 0 Å². The minimum absolute atomic E-state index is 0.193. The molecular weight excluding hydrogens is 438 g/mol. The normalized spacial score (nSPS) is 14.0. The van der Waals surface area contributed by atoms with E-state index in [2.05, 4.69) is 48.2 Å². The van der Waals surface area contributed by atoms with Crippen molar-refractivity contribution in [2.24, 2.45) is 5.73 Å². The van der Waals surface area contributed by atoms with Crippen molar-refractivity contribution in [1.82, 2.24) is 35.1 Å². The van der Waals surface area contributed by atoms with Gasteiger partial charge in [0.05, 0.1) is 35.0 Å². The first-order valence-corrected chi connectivity index (χ1v) is 11.4. The van der Waals surface area contributed by atoms with Crippen molar-refractivity contribution in [2.75, 3.05) is 18.0 Å². The number of nitrogens with zero attached hydrogens (tertiary/aromatic N) is 6. The van der Waals surface area contributed by atoms with Crippen LogP contribution in [0.2, 0.25) is 0 Å². The van der Waals surface area contributed by atoms with Gasteiger partial charge >= 0.3 is 0 Å². The van der Waals surface area contributed by atoms with Crippen LogP contribution in [0.5, 0.6) is 0 Å². The Morgan fingerprint density at radius 3 is 2.69 bits per heavy atom. The summed E-state index contributed by atoms with van der Waals surface area (Å²) in [6, 6.07) is 18.3. The molecule has 6 aromatic rings. The van der Waals surface area contributed by atoms with Crippen LogP contribution in [0.15, 0.2) is 73.2 Å². The van der Waals surface area contributed by atoms with Gasteiger partial charge in [-0.05, 0) is 36.4 Å². The van der Waals surface area contributed by atoms with Gasteiger partial charge in [0.2, 0.25) is 0 Å². The van der Waals surface area contributed by atoms with Gasteiger partial charge in [0, 0.05) is 41.8 Å². The van der Waals surface area contributed by atoms with Gasteiger partial charge in [0.15, 0.2) is 0 Å². The highest BCUT2D eigenvalue weighted by Crippen LogP contribution is 2.33. The Hall–Kier alpha value is -4.63. The number of benzene rings is 1. The molecule has 0 unspecified atom stereocenters. The fraction of sp³-hybridized carbons (Fsp3) is 0.115. The molecule has 4 N–H and O–H groups in total. The molecule has 6 heterocycles. The molecular formula is C26H21N9. The van der Waals surface area contributed by atoms with E-state index in [4.69, 9.17) is 15.7 Å². The second kappa shape index (κ2) is 7.71. The summed E-state index contributed by atoms with van der Waals surface area (Å²) in [6.07, 6.45) is 5.31. The minimum Gasteiger partial charge on any atom is -0.353 e. The zero-order valence-electron chi connectivity index (χ0n) is 18.7. The lowest BCUT2D eigenvalue weighted by Gasteiger charge is -2.37. The number of anilines is 1. The highest BCUT2D eigenvalue weighted by Gasteiger charge is 2.25. The third kappa shape index (κ3) is 3.32. The second-order valence-electron chi connectivity index (χ2n) is 8.76. The van der Waals surface area contributed by atoms with E-state index < -0.39 is 0 Å². The van der Waals surface area contributed by atoms with E-state index in [-0.39, 0.29) is 6.04 Å². The smallest absolute Gasteiger partial charge is 0.147 e. The molecule has 0 spiro atoms. The van der Waals surface area contributed by atoms with Gasteiger partial charge in [0.25, 0.3) is 0 Å². The summed E-state index contributed by atoms with van der Waals surface area (Å²) in [5.74, 6) is 0.816. The fourth-order valence-corrected chi connectivity index (χ4v) is 4.59. The van der Waals surface area contributed by atoms with Crippen molar-refractivity contribution >= 4 is 27.8 Å². The number of nitrogens with two attached hydrogens (primary N) is 1. The molecule has 7 rings (SSSR count). The molecule has 9 nitrogen and oxygen atoms in total. The summed E-state index contributed by atoms with van der Waals surface area (Å²) < 4.78 is 0. The van der Waals surface area contributed by atoms with E-state index >= 15 is 0 Å². The van der Waals surface area contributed by atoms with Crippen molar-refractivity contribution < 1.29 is 0 Å². The standard InChI is InChI=1S/C26H21N9/c27-15-13-35(14-15)24-12-28-11-23(31-24)20-7-8-21-25(32-20)26(34-33-21)22-10-17-16(4-3-6-19(17)30-22)18-5-1-2-9-29-18/h1-12,15,30H,13-14,27H2,(H,33,34). The third-order valence-corrected chi connectivity index (χ3v) is 6.39. The Labute approximate surface area is 200 Å². The number of hydrogen-bond donors (Lipinski definition) is 3. The molecule has 1 aliphatic rings. The molecule has 0 saturated carbocycles. The van der Waals surface area contributed by atoms with Crippen LogP contribution < -0.4 is 10.6 Å². The van der Waals surface area contributed by atoms with Crippen LogP contribution in [0.3, 0.4) is 0 Å². The van der Waals surface area contributed by atoms with Crippen molar-refractivity contribution in [3.8, 4) is 34.0 Å². The van der Waals surface area contributed by atoms with Crippen LogP contribution in [0.1, 0.15) is 0 Å². The van der Waals surface area contributed by atoms with Crippen LogP contribution in [-0.2, 0) is 0 Å². The molecule has 1 fully saturated rings. The summed E-state index contributed by atoms with van der Waals surface area (Å²) in [4.78, 5) is 24.2. The summed E-state index contributed by atoms with van der Waals surface area (Å²) >= 11 is 0. The highest BCUT2D eigenvalue weighted by atomic mass is 15.3. The van der Waals surface area contributed by atoms with Crippen molar-refractivity contribution in [3.63, 3.8) is 0 Å². The second-order valence-corrected chi connectivity index (χ2v) is 8.76. The summed E-state index contributed by atoms with van der Waals surface area (Å²) in [7, 11) is 0. The maximum absolute atomic E-state index is 5.93. The van der Waals surface area contributed by atoms with Gasteiger partial charge in [-0.3, -0.25) is 15.1 Å². The maximum atomic E-state index is 5.93. The first-order chi connectivity index (χ1) is 17.2. The Kier molecular flexibility index (Phi) is 4.36. The van der Waals surface area contributed by atoms with Crippen LogP contribution in [0.25, 0.3) is 56.0 Å². The van der Waals surface area contributed by atoms with Crippen LogP contribution in [0, 0.1) is 0 Å². The quantitative estimate of drug-likeness (QED) is 0.366. The lowest BCUT2D eigenvalue weighted by atomic mass is 10.1. The molecule has 0 atom stereocenters. The van der Waals surface area contributed by atoms with Gasteiger partial charge in [-0.2, -0.15) is 5.10 Å². The van der Waals surface area contributed by atoms with E-state index in [0.29, 0.717) is 5.69 Å². The average molecular weight is 460 g/mol. The van der Waals surface area contributed by atoms with Gasteiger partial charge in [-0.1, -0.05) is 18.2 Å². The van der Waals surface area contributed by atoms with Gasteiger partial charge in [-0.15, -0.1) is 0 Å². The van der Waals surface area contributed by atoms with Crippen LogP contribution in [-0.4, -0.2) is 54.2 Å². The fourth-order valence-electron chi connectivity index (χ4n) is 4.59. The molecule has 0 radical (unpaired) electrons. The maximum Gasteiger partial charge on any atom is 0.147 e. The summed E-state index contributed by atoms with van der Waals surface area (Å²) in [5.41, 5.74) is 13.7. The number of H-pyrrole nitrogens is 2. The number of hydrogen-bond acceptors (Lipinski definition) is 7. The SMILES string of the molecule is NC1CN(c2cncc(-c3ccc4[nH]nc(-c5cc6c(-c7ccccn7)cccc6[nH]5)c4n3)n2)C1. The molecule has 0 aliphatic carbocycles. The molecule has 170 valence electrons. The van der Waals surface area contributed by atoms with Crippen molar-refractivity contribution in [3.05, 3.63) is 73.2 Å². The first-order valence-electron chi connectivity index (χ1n) is 11.4. The zero-order valence-corrected chi connectivity index (χ0v) is 18.7. The molecule has 1 saturated heterocycles. The largest absolute Gasteiger partial charge is 0.353 e. The Morgan fingerprint density at radius 2 is 1.83 bits per heavy atom. The van der Waals surface area contributed by atoms with Gasteiger partial charge in [0.1, 0.15) is 22.7 Å². The van der Waals surface area contributed by atoms with Crippen LogP contribution in [0.4, 0.5) is 5.82 Å². The molecule has 1 aromatic carbocycles. The zero-order chi connectivity index (χ0) is 23.4. The molecule has 9 heteroatoms. The predicted molar refractivity (Wildman–Crippen MR) is 136 cm³/mol. The molecule has 5 aromatic heterocycles. The van der Waals surface area contributed by atoms with E-state index in [1.807, 2.05) is 42.6 Å². The van der Waals surface area contributed by atoms with Crippen molar-refractivity contribution in [1.29, 1.82) is 0 Å². The van der Waals surface area contributed by atoms with Gasteiger partial charge < -0.3 is 15.6 Å². The molecule has 0 amide bonds. The topological polar surface area (TPSA) is 125 Å². The number of nitrogens with one attached hydrogen (secondary N) is 2. The number of aromatic amines is 2. The lowest BCUT2D eigenvalue weighted by Crippen LogP contribution is -2.56. The predicted octanol–water partition coefficient (Wildman–Crippen LogP) is 3.77.